The number of nitrogens with zero attached hydrogens (tertiary/aromatic N) is 1. The number of carbonyl (C=O) groups is 1. The number of hydrogen-bond acceptors (Lipinski definition) is 3. The number of aromatic nitrogens is 1. The topological polar surface area (TPSA) is 55.1 Å². The molecule has 0 saturated heterocycles. The van der Waals surface area contributed by atoms with E-state index in [0.29, 0.717) is 23.6 Å². The van der Waals surface area contributed by atoms with Crippen LogP contribution in [0.25, 0.3) is 11.3 Å². The molecule has 1 heterocycles. The van der Waals surface area contributed by atoms with Crippen molar-refractivity contribution in [2.24, 2.45) is 0 Å². The number of benzene rings is 2. The summed E-state index contributed by atoms with van der Waals surface area (Å²) in [6, 6.07) is 17.4. The Kier molecular flexibility index (Phi) is 4.24. The van der Waals surface area contributed by atoms with E-state index in [9.17, 15) is 4.79 Å². The summed E-state index contributed by atoms with van der Waals surface area (Å²) in [6.45, 7) is 4.29. The van der Waals surface area contributed by atoms with Gasteiger partial charge < -0.3 is 9.84 Å². The Bertz CT molecular complexity index is 819. The molecule has 4 nitrogen and oxygen atoms in total. The number of amides is 1. The number of nitrogens with one attached hydrogen (secondary N) is 1. The first kappa shape index (κ1) is 15.0. The third-order valence-corrected chi connectivity index (χ3v) is 3.71. The minimum absolute atomic E-state index is 0.108. The lowest BCUT2D eigenvalue weighted by Gasteiger charge is -2.05. The second-order valence-electron chi connectivity index (χ2n) is 5.55. The number of carbonyl (C=O) groups excluding carboxylic acids is 1. The second kappa shape index (κ2) is 6.48. The van der Waals surface area contributed by atoms with Crippen molar-refractivity contribution >= 4 is 5.91 Å². The van der Waals surface area contributed by atoms with E-state index in [2.05, 4.69) is 10.5 Å². The highest BCUT2D eigenvalue weighted by molar-refractivity contribution is 5.95. The van der Waals surface area contributed by atoms with E-state index < -0.39 is 0 Å². The van der Waals surface area contributed by atoms with Gasteiger partial charge in [0.1, 0.15) is 5.69 Å². The van der Waals surface area contributed by atoms with Crippen molar-refractivity contribution in [3.8, 4) is 11.3 Å². The maximum Gasteiger partial charge on any atom is 0.251 e. The van der Waals surface area contributed by atoms with Crippen molar-refractivity contribution < 1.29 is 9.32 Å². The minimum atomic E-state index is -0.108. The molecule has 4 heteroatoms. The molecule has 3 rings (SSSR count). The fraction of sp³-hybridized carbons (Fsp3) is 0.158. The largest absolute Gasteiger partial charge is 0.356 e. The van der Waals surface area contributed by atoms with Crippen LogP contribution in [0.4, 0.5) is 0 Å². The fourth-order valence-electron chi connectivity index (χ4n) is 2.34. The molecule has 0 aliphatic rings. The van der Waals surface area contributed by atoms with Crippen molar-refractivity contribution in [2.75, 3.05) is 0 Å². The van der Waals surface area contributed by atoms with E-state index in [0.717, 1.165) is 11.1 Å². The van der Waals surface area contributed by atoms with Crippen LogP contribution in [0.3, 0.4) is 0 Å². The van der Waals surface area contributed by atoms with Crippen LogP contribution < -0.4 is 5.32 Å². The minimum Gasteiger partial charge on any atom is -0.356 e. The molecule has 23 heavy (non-hydrogen) atoms. The highest BCUT2D eigenvalue weighted by Gasteiger charge is 2.10. The van der Waals surface area contributed by atoms with Gasteiger partial charge in [0.2, 0.25) is 0 Å². The van der Waals surface area contributed by atoms with Gasteiger partial charge in [0, 0.05) is 17.2 Å². The van der Waals surface area contributed by atoms with E-state index in [1.54, 1.807) is 0 Å². The first-order valence-electron chi connectivity index (χ1n) is 7.50. The summed E-state index contributed by atoms with van der Waals surface area (Å²) in [6.07, 6.45) is 0. The molecule has 0 atom stereocenters. The van der Waals surface area contributed by atoms with Gasteiger partial charge in [0.25, 0.3) is 5.91 Å². The van der Waals surface area contributed by atoms with Gasteiger partial charge in [-0.1, -0.05) is 53.2 Å². The monoisotopic (exact) mass is 306 g/mol. The second-order valence-corrected chi connectivity index (χ2v) is 5.55. The number of rotatable bonds is 4. The van der Waals surface area contributed by atoms with Gasteiger partial charge in [-0.25, -0.2) is 0 Å². The zero-order valence-corrected chi connectivity index (χ0v) is 13.2. The Hall–Kier alpha value is -2.88. The zero-order chi connectivity index (χ0) is 16.2. The molecule has 0 aliphatic heterocycles. The Labute approximate surface area is 135 Å². The maximum atomic E-state index is 12.2. The van der Waals surface area contributed by atoms with Crippen molar-refractivity contribution in [2.45, 2.75) is 20.4 Å². The van der Waals surface area contributed by atoms with Gasteiger partial charge >= 0.3 is 0 Å². The van der Waals surface area contributed by atoms with Crippen molar-refractivity contribution in [3.05, 3.63) is 77.0 Å². The summed E-state index contributed by atoms with van der Waals surface area (Å²) < 4.78 is 5.35. The molecular weight excluding hydrogens is 288 g/mol. The quantitative estimate of drug-likeness (QED) is 0.795. The Morgan fingerprint density at radius 1 is 1.09 bits per heavy atom. The van der Waals surface area contributed by atoms with Gasteiger partial charge in [-0.15, -0.1) is 0 Å². The molecule has 1 aromatic heterocycles. The molecule has 0 radical (unpaired) electrons. The lowest BCUT2D eigenvalue weighted by Crippen LogP contribution is -2.23. The Morgan fingerprint density at radius 2 is 1.83 bits per heavy atom. The predicted octanol–water partition coefficient (Wildman–Crippen LogP) is 3.89. The third kappa shape index (κ3) is 3.48. The average Bonchev–Trinajstić information content (AvgIpc) is 3.03. The molecule has 116 valence electrons. The van der Waals surface area contributed by atoms with Crippen LogP contribution in [-0.2, 0) is 6.54 Å². The van der Waals surface area contributed by atoms with Crippen molar-refractivity contribution in [1.29, 1.82) is 0 Å². The fourth-order valence-corrected chi connectivity index (χ4v) is 2.34. The molecular formula is C19H18N2O2. The molecule has 0 aliphatic carbocycles. The highest BCUT2D eigenvalue weighted by Crippen LogP contribution is 2.20. The molecule has 0 unspecified atom stereocenters. The van der Waals surface area contributed by atoms with Gasteiger partial charge in [-0.2, -0.15) is 0 Å². The molecule has 1 N–H and O–H groups in total. The van der Waals surface area contributed by atoms with Crippen LogP contribution in [0, 0.1) is 13.8 Å². The molecule has 0 bridgehead atoms. The number of hydrogen-bond donors (Lipinski definition) is 1. The lowest BCUT2D eigenvalue weighted by atomic mass is 10.1. The summed E-state index contributed by atoms with van der Waals surface area (Å²) in [5, 5.41) is 6.88. The van der Waals surface area contributed by atoms with E-state index in [1.807, 2.05) is 68.4 Å². The summed E-state index contributed by atoms with van der Waals surface area (Å²) in [4.78, 5) is 12.2. The van der Waals surface area contributed by atoms with Crippen LogP contribution in [0.2, 0.25) is 0 Å². The summed E-state index contributed by atoms with van der Waals surface area (Å²) in [5.41, 5.74) is 4.49. The Morgan fingerprint density at radius 3 is 2.57 bits per heavy atom. The van der Waals surface area contributed by atoms with Gasteiger partial charge in [-0.3, -0.25) is 4.79 Å². The SMILES string of the molecule is Cc1ccc(-c2cc(CNC(=O)c3ccccc3C)no2)cc1. The van der Waals surface area contributed by atoms with Crippen molar-refractivity contribution in [3.63, 3.8) is 0 Å². The first-order chi connectivity index (χ1) is 11.1. The highest BCUT2D eigenvalue weighted by atomic mass is 16.5. The first-order valence-corrected chi connectivity index (χ1v) is 7.50. The zero-order valence-electron chi connectivity index (χ0n) is 13.2. The van der Waals surface area contributed by atoms with E-state index >= 15 is 0 Å². The standard InChI is InChI=1S/C19H18N2O2/c1-13-7-9-15(10-8-13)18-11-16(21-23-18)12-20-19(22)17-6-4-3-5-14(17)2/h3-11H,12H2,1-2H3,(H,20,22). The molecule has 3 aromatic rings. The maximum absolute atomic E-state index is 12.2. The normalized spacial score (nSPS) is 10.5. The molecule has 0 fully saturated rings. The summed E-state index contributed by atoms with van der Waals surface area (Å²) in [7, 11) is 0. The smallest absolute Gasteiger partial charge is 0.251 e. The van der Waals surface area contributed by atoms with Gasteiger partial charge in [0.05, 0.1) is 6.54 Å². The van der Waals surface area contributed by atoms with Crippen LogP contribution in [0.15, 0.2) is 59.1 Å². The molecule has 0 saturated carbocycles. The van der Waals surface area contributed by atoms with Crippen LogP contribution in [0.5, 0.6) is 0 Å². The molecule has 2 aromatic carbocycles. The predicted molar refractivity (Wildman–Crippen MR) is 89.0 cm³/mol. The van der Waals surface area contributed by atoms with Crippen LogP contribution in [0.1, 0.15) is 27.2 Å². The third-order valence-electron chi connectivity index (χ3n) is 3.71. The van der Waals surface area contributed by atoms with E-state index in [1.165, 1.54) is 5.56 Å². The van der Waals surface area contributed by atoms with E-state index in [-0.39, 0.29) is 5.91 Å². The van der Waals surface area contributed by atoms with Gasteiger partial charge in [0.15, 0.2) is 5.76 Å². The van der Waals surface area contributed by atoms with Crippen LogP contribution >= 0.6 is 0 Å². The Balaban J connectivity index is 1.67. The summed E-state index contributed by atoms with van der Waals surface area (Å²) >= 11 is 0. The summed E-state index contributed by atoms with van der Waals surface area (Å²) in [5.74, 6) is 0.591. The van der Waals surface area contributed by atoms with Crippen molar-refractivity contribution in [1.82, 2.24) is 10.5 Å². The van der Waals surface area contributed by atoms with Gasteiger partial charge in [-0.05, 0) is 25.5 Å². The van der Waals surface area contributed by atoms with E-state index in [4.69, 9.17) is 4.52 Å². The number of aryl methyl sites for hydroxylation is 2. The average molecular weight is 306 g/mol. The molecule has 1 amide bonds. The van der Waals surface area contributed by atoms with Crippen LogP contribution in [-0.4, -0.2) is 11.1 Å². The lowest BCUT2D eigenvalue weighted by molar-refractivity contribution is 0.0949. The molecule has 0 spiro atoms.